The summed E-state index contributed by atoms with van der Waals surface area (Å²) in [5.74, 6) is 1.07. The van der Waals surface area contributed by atoms with Crippen molar-refractivity contribution in [1.82, 2.24) is 9.88 Å². The molecule has 4 rings (SSSR count). The topological polar surface area (TPSA) is 96.4 Å². The number of rotatable bonds is 8. The summed E-state index contributed by atoms with van der Waals surface area (Å²) < 4.78 is 27.8. The van der Waals surface area contributed by atoms with Gasteiger partial charge in [0, 0.05) is 18.3 Å². The zero-order chi connectivity index (χ0) is 23.9. The third-order valence-corrected chi connectivity index (χ3v) is 6.00. The van der Waals surface area contributed by atoms with Crippen LogP contribution in [0.15, 0.2) is 36.7 Å². The van der Waals surface area contributed by atoms with Crippen LogP contribution in [-0.4, -0.2) is 74.5 Å². The van der Waals surface area contributed by atoms with Gasteiger partial charge in [0.25, 0.3) is 5.91 Å². The first-order valence-electron chi connectivity index (χ1n) is 11.5. The Labute approximate surface area is 198 Å². The number of nitrogens with zero attached hydrogens (tertiary/aromatic N) is 2. The number of amides is 1. The Bertz CT molecular complexity index is 1010. The van der Waals surface area contributed by atoms with Crippen LogP contribution in [0, 0.1) is 0 Å². The van der Waals surface area contributed by atoms with Gasteiger partial charge >= 0.3 is 5.97 Å². The average molecular weight is 471 g/mol. The van der Waals surface area contributed by atoms with Gasteiger partial charge in [0.15, 0.2) is 11.5 Å². The fraction of sp³-hybridized carbons (Fsp3) is 0.480. The number of hydrogen-bond donors (Lipinski definition) is 0. The normalized spacial score (nSPS) is 18.4. The summed E-state index contributed by atoms with van der Waals surface area (Å²) in [5.41, 5.74) is 0.849. The quantitative estimate of drug-likeness (QED) is 0.543. The number of carbonyl (C=O) groups is 2. The predicted molar refractivity (Wildman–Crippen MR) is 123 cm³/mol. The second kappa shape index (κ2) is 11.2. The van der Waals surface area contributed by atoms with Crippen LogP contribution >= 0.6 is 0 Å². The molecule has 2 aromatic rings. The second-order valence-corrected chi connectivity index (χ2v) is 8.35. The standard InChI is InChI=1S/C25H30N2O7/c1-30-22-8-7-17(12-23(22)34-19-5-3-4-6-19)24(28)27-9-10-32-21(15-27)16-33-20-11-18(13-26-14-20)25(29)31-2/h7-8,11-14,19,21H,3-6,9-10,15-16H2,1-2H3. The molecule has 2 heterocycles. The molecule has 1 saturated carbocycles. The van der Waals surface area contributed by atoms with Gasteiger partial charge in [0.2, 0.25) is 0 Å². The molecule has 1 atom stereocenters. The zero-order valence-electron chi connectivity index (χ0n) is 19.5. The number of ether oxygens (including phenoxy) is 5. The molecule has 0 spiro atoms. The van der Waals surface area contributed by atoms with Crippen LogP contribution in [0.5, 0.6) is 17.2 Å². The summed E-state index contributed by atoms with van der Waals surface area (Å²) in [6, 6.07) is 6.87. The molecular weight excluding hydrogens is 440 g/mol. The summed E-state index contributed by atoms with van der Waals surface area (Å²) in [7, 11) is 2.91. The molecule has 1 unspecified atom stereocenters. The van der Waals surface area contributed by atoms with Gasteiger partial charge in [-0.25, -0.2) is 4.79 Å². The van der Waals surface area contributed by atoms with Gasteiger partial charge in [-0.2, -0.15) is 0 Å². The van der Waals surface area contributed by atoms with E-state index >= 15 is 0 Å². The van der Waals surface area contributed by atoms with E-state index in [-0.39, 0.29) is 24.7 Å². The minimum atomic E-state index is -0.487. The highest BCUT2D eigenvalue weighted by molar-refractivity contribution is 5.95. The fourth-order valence-electron chi connectivity index (χ4n) is 4.19. The molecule has 1 aliphatic carbocycles. The molecule has 9 nitrogen and oxygen atoms in total. The summed E-state index contributed by atoms with van der Waals surface area (Å²) in [4.78, 5) is 30.7. The van der Waals surface area contributed by atoms with Crippen molar-refractivity contribution in [2.75, 3.05) is 40.5 Å². The number of esters is 1. The predicted octanol–water partition coefficient (Wildman–Crippen LogP) is 3.12. The fourth-order valence-corrected chi connectivity index (χ4v) is 4.19. The van der Waals surface area contributed by atoms with Crippen LogP contribution in [0.3, 0.4) is 0 Å². The largest absolute Gasteiger partial charge is 0.493 e. The van der Waals surface area contributed by atoms with E-state index in [9.17, 15) is 9.59 Å². The van der Waals surface area contributed by atoms with Crippen molar-refractivity contribution < 1.29 is 33.3 Å². The summed E-state index contributed by atoms with van der Waals surface area (Å²) in [5, 5.41) is 0. The van der Waals surface area contributed by atoms with Crippen LogP contribution in [0.2, 0.25) is 0 Å². The SMILES string of the molecule is COC(=O)c1cncc(OCC2CN(C(=O)c3ccc(OC)c(OC4CCCC4)c3)CCO2)c1. The zero-order valence-corrected chi connectivity index (χ0v) is 19.5. The van der Waals surface area contributed by atoms with Gasteiger partial charge in [0.05, 0.1) is 45.2 Å². The van der Waals surface area contributed by atoms with Gasteiger partial charge in [-0.15, -0.1) is 0 Å². The van der Waals surface area contributed by atoms with E-state index in [0.29, 0.717) is 48.1 Å². The molecule has 9 heteroatoms. The van der Waals surface area contributed by atoms with Gasteiger partial charge in [-0.3, -0.25) is 9.78 Å². The molecule has 182 valence electrons. The third-order valence-electron chi connectivity index (χ3n) is 6.00. The molecule has 2 fully saturated rings. The Morgan fingerprint density at radius 3 is 2.68 bits per heavy atom. The highest BCUT2D eigenvalue weighted by Crippen LogP contribution is 2.33. The average Bonchev–Trinajstić information content (AvgIpc) is 3.40. The van der Waals surface area contributed by atoms with Gasteiger partial charge in [0.1, 0.15) is 18.5 Å². The van der Waals surface area contributed by atoms with E-state index < -0.39 is 5.97 Å². The molecule has 1 saturated heterocycles. The van der Waals surface area contributed by atoms with Gasteiger partial charge in [-0.05, 0) is 49.9 Å². The lowest BCUT2D eigenvalue weighted by Crippen LogP contribution is -2.47. The minimum absolute atomic E-state index is 0.0958. The second-order valence-electron chi connectivity index (χ2n) is 8.35. The maximum Gasteiger partial charge on any atom is 0.339 e. The van der Waals surface area contributed by atoms with Crippen LogP contribution in [-0.2, 0) is 9.47 Å². The molecule has 2 aliphatic rings. The van der Waals surface area contributed by atoms with E-state index in [1.54, 1.807) is 36.3 Å². The molecule has 0 bridgehead atoms. The number of carbonyl (C=O) groups excluding carboxylic acids is 2. The Morgan fingerprint density at radius 2 is 1.91 bits per heavy atom. The Morgan fingerprint density at radius 1 is 1.09 bits per heavy atom. The lowest BCUT2D eigenvalue weighted by Gasteiger charge is -2.33. The van der Waals surface area contributed by atoms with E-state index in [0.717, 1.165) is 25.7 Å². The summed E-state index contributed by atoms with van der Waals surface area (Å²) in [6.07, 6.45) is 7.13. The molecule has 1 amide bonds. The molecule has 0 N–H and O–H groups in total. The van der Waals surface area contributed by atoms with Crippen LogP contribution in [0.4, 0.5) is 0 Å². The van der Waals surface area contributed by atoms with E-state index in [1.807, 2.05) is 0 Å². The van der Waals surface area contributed by atoms with Crippen molar-refractivity contribution in [2.45, 2.75) is 37.9 Å². The molecule has 0 radical (unpaired) electrons. The Balaban J connectivity index is 1.38. The molecule has 1 aliphatic heterocycles. The number of methoxy groups -OCH3 is 2. The summed E-state index contributed by atoms with van der Waals surface area (Å²) in [6.45, 7) is 1.49. The smallest absolute Gasteiger partial charge is 0.339 e. The molecular formula is C25H30N2O7. The lowest BCUT2D eigenvalue weighted by atomic mass is 10.1. The van der Waals surface area contributed by atoms with Crippen LogP contribution < -0.4 is 14.2 Å². The highest BCUT2D eigenvalue weighted by Gasteiger charge is 2.27. The number of morpholine rings is 1. The monoisotopic (exact) mass is 470 g/mol. The van der Waals surface area contributed by atoms with Crippen LogP contribution in [0.25, 0.3) is 0 Å². The number of pyridine rings is 1. The van der Waals surface area contributed by atoms with E-state index in [1.165, 1.54) is 19.5 Å². The van der Waals surface area contributed by atoms with Crippen molar-refractivity contribution in [3.8, 4) is 17.2 Å². The van der Waals surface area contributed by atoms with Crippen molar-refractivity contribution in [3.05, 3.63) is 47.8 Å². The Hall–Kier alpha value is -3.33. The van der Waals surface area contributed by atoms with Crippen molar-refractivity contribution >= 4 is 11.9 Å². The number of benzene rings is 1. The molecule has 1 aromatic carbocycles. The highest BCUT2D eigenvalue weighted by atomic mass is 16.5. The van der Waals surface area contributed by atoms with Crippen molar-refractivity contribution in [2.24, 2.45) is 0 Å². The third kappa shape index (κ3) is 5.77. The van der Waals surface area contributed by atoms with Crippen molar-refractivity contribution in [1.29, 1.82) is 0 Å². The molecule has 34 heavy (non-hydrogen) atoms. The Kier molecular flexibility index (Phi) is 7.84. The van der Waals surface area contributed by atoms with Crippen molar-refractivity contribution in [3.63, 3.8) is 0 Å². The lowest BCUT2D eigenvalue weighted by molar-refractivity contribution is -0.0401. The van der Waals surface area contributed by atoms with Gasteiger partial charge < -0.3 is 28.6 Å². The van der Waals surface area contributed by atoms with E-state index in [2.05, 4.69) is 4.98 Å². The maximum atomic E-state index is 13.2. The number of hydrogen-bond acceptors (Lipinski definition) is 8. The number of aromatic nitrogens is 1. The molecule has 1 aromatic heterocycles. The van der Waals surface area contributed by atoms with E-state index in [4.69, 9.17) is 23.7 Å². The maximum absolute atomic E-state index is 13.2. The van der Waals surface area contributed by atoms with Crippen LogP contribution in [0.1, 0.15) is 46.4 Å². The first kappa shape index (κ1) is 23.8. The first-order valence-corrected chi connectivity index (χ1v) is 11.5. The van der Waals surface area contributed by atoms with Gasteiger partial charge in [-0.1, -0.05) is 0 Å². The first-order chi connectivity index (χ1) is 16.6. The summed E-state index contributed by atoms with van der Waals surface area (Å²) >= 11 is 0. The minimum Gasteiger partial charge on any atom is -0.493 e.